The Morgan fingerprint density at radius 3 is 2.39 bits per heavy atom. The number of furan rings is 1. The highest BCUT2D eigenvalue weighted by Gasteiger charge is 2.13. The molecule has 0 saturated heterocycles. The fourth-order valence-corrected chi connectivity index (χ4v) is 2.31. The van der Waals surface area contributed by atoms with Crippen molar-refractivity contribution in [1.29, 1.82) is 0 Å². The third kappa shape index (κ3) is 3.80. The van der Waals surface area contributed by atoms with Crippen molar-refractivity contribution in [2.75, 3.05) is 11.1 Å². The van der Waals surface area contributed by atoms with Crippen LogP contribution in [0.4, 0.5) is 11.8 Å². The van der Waals surface area contributed by atoms with E-state index in [2.05, 4.69) is 53.4 Å². The van der Waals surface area contributed by atoms with Crippen LogP contribution in [0.15, 0.2) is 34.7 Å². The standard InChI is InChI=1S/C16H18N4O.C2H6/c1-9-4-6-12(7-5-9)11(3)18-14-13-8-10(2)21-15(13)20-16(17)19-14;1-2/h4-8,11H,1-3H3,(H3,17,18,19,20);1-2H3/t11-;/m0./s1. The van der Waals surface area contributed by atoms with Gasteiger partial charge in [0.2, 0.25) is 11.7 Å². The van der Waals surface area contributed by atoms with Gasteiger partial charge in [-0.15, -0.1) is 0 Å². The average Bonchev–Trinajstić information content (AvgIpc) is 2.90. The van der Waals surface area contributed by atoms with E-state index in [9.17, 15) is 0 Å². The normalized spacial score (nSPS) is 11.7. The number of aromatic nitrogens is 2. The molecule has 0 aliphatic carbocycles. The van der Waals surface area contributed by atoms with Crippen molar-refractivity contribution in [2.24, 2.45) is 0 Å². The van der Waals surface area contributed by atoms with Crippen LogP contribution in [0.5, 0.6) is 0 Å². The van der Waals surface area contributed by atoms with Crippen LogP contribution in [-0.4, -0.2) is 9.97 Å². The first-order chi connectivity index (χ1) is 11.0. The minimum atomic E-state index is 0.110. The van der Waals surface area contributed by atoms with Crippen LogP contribution < -0.4 is 11.1 Å². The van der Waals surface area contributed by atoms with Crippen LogP contribution in [0.25, 0.3) is 11.1 Å². The first-order valence-corrected chi connectivity index (χ1v) is 7.89. The van der Waals surface area contributed by atoms with Gasteiger partial charge in [-0.3, -0.25) is 0 Å². The molecule has 3 rings (SSSR count). The van der Waals surface area contributed by atoms with Crippen LogP contribution in [0.1, 0.15) is 43.7 Å². The van der Waals surface area contributed by atoms with Gasteiger partial charge in [0.15, 0.2) is 0 Å². The van der Waals surface area contributed by atoms with E-state index in [0.717, 1.165) is 11.1 Å². The first kappa shape index (κ1) is 16.8. The summed E-state index contributed by atoms with van der Waals surface area (Å²) in [6.45, 7) is 10.0. The number of hydrogen-bond acceptors (Lipinski definition) is 5. The molecular formula is C18H24N4O. The molecule has 0 amide bonds. The lowest BCUT2D eigenvalue weighted by molar-refractivity contribution is 0.567. The van der Waals surface area contributed by atoms with Crippen LogP contribution in [0.3, 0.4) is 0 Å². The molecule has 0 radical (unpaired) electrons. The van der Waals surface area contributed by atoms with Gasteiger partial charge in [-0.05, 0) is 32.4 Å². The minimum Gasteiger partial charge on any atom is -0.443 e. The van der Waals surface area contributed by atoms with E-state index in [1.165, 1.54) is 11.1 Å². The zero-order valence-corrected chi connectivity index (χ0v) is 14.3. The first-order valence-electron chi connectivity index (χ1n) is 7.89. The van der Waals surface area contributed by atoms with Crippen molar-refractivity contribution in [3.63, 3.8) is 0 Å². The molecular weight excluding hydrogens is 288 g/mol. The van der Waals surface area contributed by atoms with Gasteiger partial charge in [0.05, 0.1) is 5.39 Å². The number of nitrogens with two attached hydrogens (primary N) is 1. The molecule has 5 heteroatoms. The van der Waals surface area contributed by atoms with E-state index < -0.39 is 0 Å². The summed E-state index contributed by atoms with van der Waals surface area (Å²) < 4.78 is 5.52. The Bertz CT molecular complexity index is 778. The van der Waals surface area contributed by atoms with Crippen molar-refractivity contribution in [1.82, 2.24) is 9.97 Å². The fraction of sp³-hybridized carbons (Fsp3) is 0.333. The van der Waals surface area contributed by atoms with Gasteiger partial charge < -0.3 is 15.5 Å². The van der Waals surface area contributed by atoms with Crippen molar-refractivity contribution in [3.05, 3.63) is 47.2 Å². The SMILES string of the molecule is CC.Cc1ccc([C@H](C)Nc2nc(N)nc3oc(C)cc23)cc1. The summed E-state index contributed by atoms with van der Waals surface area (Å²) in [6.07, 6.45) is 0. The molecule has 2 aromatic heterocycles. The van der Waals surface area contributed by atoms with Crippen LogP contribution in [0.2, 0.25) is 0 Å². The number of fused-ring (bicyclic) bond motifs is 1. The maximum atomic E-state index is 5.75. The number of nitrogen functional groups attached to an aromatic ring is 1. The molecule has 3 aromatic rings. The van der Waals surface area contributed by atoms with E-state index in [1.54, 1.807) is 0 Å². The highest BCUT2D eigenvalue weighted by Crippen LogP contribution is 2.27. The predicted octanol–water partition coefficient (Wildman–Crippen LogP) is 4.62. The van der Waals surface area contributed by atoms with Crippen LogP contribution in [-0.2, 0) is 0 Å². The molecule has 0 fully saturated rings. The van der Waals surface area contributed by atoms with Crippen molar-refractivity contribution in [2.45, 2.75) is 40.7 Å². The van der Waals surface area contributed by atoms with E-state index in [4.69, 9.17) is 10.2 Å². The van der Waals surface area contributed by atoms with Crippen molar-refractivity contribution >= 4 is 22.9 Å². The van der Waals surface area contributed by atoms with E-state index in [1.807, 2.05) is 26.8 Å². The molecule has 0 saturated carbocycles. The maximum absolute atomic E-state index is 5.75. The molecule has 0 bridgehead atoms. The lowest BCUT2D eigenvalue weighted by atomic mass is 10.1. The second-order valence-corrected chi connectivity index (χ2v) is 5.28. The zero-order valence-electron chi connectivity index (χ0n) is 14.3. The number of benzene rings is 1. The Balaban J connectivity index is 0.000000924. The van der Waals surface area contributed by atoms with Crippen LogP contribution in [0, 0.1) is 13.8 Å². The van der Waals surface area contributed by atoms with Crippen molar-refractivity contribution < 1.29 is 4.42 Å². The molecule has 122 valence electrons. The summed E-state index contributed by atoms with van der Waals surface area (Å²) in [5.74, 6) is 1.69. The minimum absolute atomic E-state index is 0.110. The fourth-order valence-electron chi connectivity index (χ4n) is 2.31. The van der Waals surface area contributed by atoms with E-state index >= 15 is 0 Å². The Kier molecular flexibility index (Phi) is 5.21. The Morgan fingerprint density at radius 2 is 1.74 bits per heavy atom. The monoisotopic (exact) mass is 312 g/mol. The highest BCUT2D eigenvalue weighted by atomic mass is 16.3. The molecule has 23 heavy (non-hydrogen) atoms. The Hall–Kier alpha value is -2.56. The second-order valence-electron chi connectivity index (χ2n) is 5.28. The Labute approximate surface area is 136 Å². The molecule has 1 aromatic carbocycles. The summed E-state index contributed by atoms with van der Waals surface area (Å²) in [5.41, 5.74) is 8.69. The number of rotatable bonds is 3. The maximum Gasteiger partial charge on any atom is 0.233 e. The zero-order chi connectivity index (χ0) is 17.0. The number of hydrogen-bond donors (Lipinski definition) is 2. The smallest absolute Gasteiger partial charge is 0.233 e. The summed E-state index contributed by atoms with van der Waals surface area (Å²) in [6, 6.07) is 10.4. The summed E-state index contributed by atoms with van der Waals surface area (Å²) in [4.78, 5) is 8.40. The molecule has 3 N–H and O–H groups in total. The van der Waals surface area contributed by atoms with Gasteiger partial charge in [0.25, 0.3) is 0 Å². The summed E-state index contributed by atoms with van der Waals surface area (Å²) in [7, 11) is 0. The third-order valence-electron chi connectivity index (χ3n) is 3.46. The molecule has 5 nitrogen and oxygen atoms in total. The average molecular weight is 312 g/mol. The molecule has 2 heterocycles. The van der Waals surface area contributed by atoms with E-state index in [0.29, 0.717) is 11.5 Å². The summed E-state index contributed by atoms with van der Waals surface area (Å²) >= 11 is 0. The number of aryl methyl sites for hydroxylation is 2. The highest BCUT2D eigenvalue weighted by molar-refractivity contribution is 5.87. The number of anilines is 2. The van der Waals surface area contributed by atoms with Gasteiger partial charge in [-0.1, -0.05) is 43.7 Å². The molecule has 0 aliphatic heterocycles. The van der Waals surface area contributed by atoms with Gasteiger partial charge in [-0.2, -0.15) is 9.97 Å². The lowest BCUT2D eigenvalue weighted by Gasteiger charge is -2.15. The third-order valence-corrected chi connectivity index (χ3v) is 3.46. The quantitative estimate of drug-likeness (QED) is 0.738. The topological polar surface area (TPSA) is 77.0 Å². The molecule has 1 atom stereocenters. The second kappa shape index (κ2) is 7.13. The van der Waals surface area contributed by atoms with Gasteiger partial charge in [-0.25, -0.2) is 0 Å². The predicted molar refractivity (Wildman–Crippen MR) is 95.5 cm³/mol. The lowest BCUT2D eigenvalue weighted by Crippen LogP contribution is -2.09. The number of nitrogens with zero attached hydrogens (tertiary/aromatic N) is 2. The molecule has 0 unspecified atom stereocenters. The molecule has 0 aliphatic rings. The van der Waals surface area contributed by atoms with Crippen molar-refractivity contribution in [3.8, 4) is 0 Å². The van der Waals surface area contributed by atoms with Gasteiger partial charge in [0.1, 0.15) is 11.6 Å². The largest absolute Gasteiger partial charge is 0.443 e. The molecule has 0 spiro atoms. The van der Waals surface area contributed by atoms with E-state index in [-0.39, 0.29) is 12.0 Å². The van der Waals surface area contributed by atoms with Crippen LogP contribution >= 0.6 is 0 Å². The number of nitrogens with one attached hydrogen (secondary N) is 1. The Morgan fingerprint density at radius 1 is 1.09 bits per heavy atom. The van der Waals surface area contributed by atoms with Gasteiger partial charge >= 0.3 is 0 Å². The van der Waals surface area contributed by atoms with Gasteiger partial charge in [0, 0.05) is 6.04 Å². The summed E-state index contributed by atoms with van der Waals surface area (Å²) in [5, 5.41) is 4.23.